The standard InChI is InChI=1S/C18H23N5.ClH/c19-17(20)23-18(21)22-13-12-16-10-8-15(9-11-16)7-6-14-4-2-1-3-5-14;/h1-5,8-11H,6-7,12-13H2,(H6,19,20,21,22,23);1H. The van der Waals surface area contributed by atoms with Gasteiger partial charge in [0.25, 0.3) is 0 Å². The van der Waals surface area contributed by atoms with Crippen LogP contribution in [-0.4, -0.2) is 18.5 Å². The third-order valence-electron chi connectivity index (χ3n) is 3.49. The van der Waals surface area contributed by atoms with Crippen LogP contribution in [0.15, 0.2) is 64.6 Å². The van der Waals surface area contributed by atoms with Gasteiger partial charge in [0.1, 0.15) is 0 Å². The van der Waals surface area contributed by atoms with E-state index in [4.69, 9.17) is 17.2 Å². The van der Waals surface area contributed by atoms with Gasteiger partial charge in [-0.15, -0.1) is 12.4 Å². The molecule has 0 aromatic heterocycles. The Kier molecular flexibility index (Phi) is 8.36. The molecule has 0 unspecified atom stereocenters. The topological polar surface area (TPSA) is 103 Å². The molecule has 2 rings (SSSR count). The second kappa shape index (κ2) is 10.3. The number of benzene rings is 2. The van der Waals surface area contributed by atoms with Crippen LogP contribution >= 0.6 is 12.4 Å². The van der Waals surface area contributed by atoms with Crippen LogP contribution in [0.2, 0.25) is 0 Å². The third kappa shape index (κ3) is 7.15. The van der Waals surface area contributed by atoms with Gasteiger partial charge in [-0.1, -0.05) is 54.6 Å². The van der Waals surface area contributed by atoms with Gasteiger partial charge in [0.15, 0.2) is 5.96 Å². The van der Waals surface area contributed by atoms with E-state index in [-0.39, 0.29) is 24.3 Å². The fourth-order valence-corrected chi connectivity index (χ4v) is 2.27. The number of rotatable bonds is 6. The summed E-state index contributed by atoms with van der Waals surface area (Å²) in [5.41, 5.74) is 19.9. The highest BCUT2D eigenvalue weighted by Gasteiger charge is 1.97. The van der Waals surface area contributed by atoms with E-state index in [0.717, 1.165) is 19.3 Å². The lowest BCUT2D eigenvalue weighted by atomic mass is 10.0. The summed E-state index contributed by atoms with van der Waals surface area (Å²) in [5.74, 6) is 0.0403. The first-order valence-electron chi connectivity index (χ1n) is 7.65. The van der Waals surface area contributed by atoms with Crippen molar-refractivity contribution in [3.05, 3.63) is 71.3 Å². The monoisotopic (exact) mass is 345 g/mol. The van der Waals surface area contributed by atoms with Gasteiger partial charge in [-0.3, -0.25) is 4.99 Å². The summed E-state index contributed by atoms with van der Waals surface area (Å²) in [6.07, 6.45) is 2.90. The molecule has 0 aliphatic rings. The van der Waals surface area contributed by atoms with E-state index < -0.39 is 0 Å². The van der Waals surface area contributed by atoms with Gasteiger partial charge in [-0.05, 0) is 36.0 Å². The molecule has 0 radical (unpaired) electrons. The van der Waals surface area contributed by atoms with Gasteiger partial charge in [-0.25, -0.2) is 0 Å². The first-order chi connectivity index (χ1) is 11.1. The molecule has 0 bridgehead atoms. The number of nitrogens with two attached hydrogens (primary N) is 3. The lowest BCUT2D eigenvalue weighted by Gasteiger charge is -2.04. The minimum absolute atomic E-state index is 0. The first kappa shape index (κ1) is 19.5. The predicted molar refractivity (Wildman–Crippen MR) is 104 cm³/mol. The van der Waals surface area contributed by atoms with Gasteiger partial charge in [0, 0.05) is 6.54 Å². The van der Waals surface area contributed by atoms with Crippen LogP contribution in [0.25, 0.3) is 0 Å². The molecule has 0 aliphatic carbocycles. The van der Waals surface area contributed by atoms with Gasteiger partial charge >= 0.3 is 0 Å². The van der Waals surface area contributed by atoms with Crippen molar-refractivity contribution in [3.63, 3.8) is 0 Å². The summed E-state index contributed by atoms with van der Waals surface area (Å²) in [7, 11) is 0. The quantitative estimate of drug-likeness (QED) is 0.551. The van der Waals surface area contributed by atoms with Gasteiger partial charge in [-0.2, -0.15) is 4.99 Å². The zero-order valence-electron chi connectivity index (χ0n) is 13.6. The van der Waals surface area contributed by atoms with Crippen LogP contribution in [-0.2, 0) is 19.3 Å². The second-order valence-corrected chi connectivity index (χ2v) is 5.33. The molecule has 128 valence electrons. The average Bonchev–Trinajstić information content (AvgIpc) is 2.54. The van der Waals surface area contributed by atoms with Crippen molar-refractivity contribution in [2.75, 3.05) is 6.54 Å². The molecular formula is C18H24ClN5. The molecule has 0 fully saturated rings. The lowest BCUT2D eigenvalue weighted by molar-refractivity contribution is 0.942. The number of hydrogen-bond acceptors (Lipinski definition) is 1. The van der Waals surface area contributed by atoms with E-state index >= 15 is 0 Å². The van der Waals surface area contributed by atoms with Crippen LogP contribution in [0.4, 0.5) is 0 Å². The molecule has 0 spiro atoms. The summed E-state index contributed by atoms with van der Waals surface area (Å²) in [6.45, 7) is 0.561. The normalized spacial score (nSPS) is 10.8. The van der Waals surface area contributed by atoms with Crippen molar-refractivity contribution in [1.82, 2.24) is 0 Å². The highest BCUT2D eigenvalue weighted by molar-refractivity contribution is 5.92. The molecular weight excluding hydrogens is 322 g/mol. The minimum Gasteiger partial charge on any atom is -0.370 e. The molecule has 5 nitrogen and oxygen atoms in total. The van der Waals surface area contributed by atoms with Crippen LogP contribution in [0.1, 0.15) is 16.7 Å². The Balaban J connectivity index is 0.00000288. The summed E-state index contributed by atoms with van der Waals surface area (Å²) >= 11 is 0. The highest BCUT2D eigenvalue weighted by atomic mass is 35.5. The Bertz CT molecular complexity index is 662. The maximum Gasteiger partial charge on any atom is 0.218 e. The molecule has 24 heavy (non-hydrogen) atoms. The molecule has 6 heteroatoms. The zero-order valence-corrected chi connectivity index (χ0v) is 14.4. The van der Waals surface area contributed by atoms with Gasteiger partial charge in [0.2, 0.25) is 5.96 Å². The summed E-state index contributed by atoms with van der Waals surface area (Å²) < 4.78 is 0. The summed E-state index contributed by atoms with van der Waals surface area (Å²) in [4.78, 5) is 7.78. The van der Waals surface area contributed by atoms with Gasteiger partial charge in [0.05, 0.1) is 0 Å². The maximum atomic E-state index is 5.56. The zero-order chi connectivity index (χ0) is 16.5. The summed E-state index contributed by atoms with van der Waals surface area (Å²) in [6, 6.07) is 19.1. The summed E-state index contributed by atoms with van der Waals surface area (Å²) in [5, 5.41) is 0. The van der Waals surface area contributed by atoms with Crippen LogP contribution in [0, 0.1) is 0 Å². The van der Waals surface area contributed by atoms with Crippen molar-refractivity contribution < 1.29 is 0 Å². The fraction of sp³-hybridized carbons (Fsp3) is 0.222. The largest absolute Gasteiger partial charge is 0.370 e. The number of guanidine groups is 2. The van der Waals surface area contributed by atoms with E-state index in [1.54, 1.807) is 0 Å². The van der Waals surface area contributed by atoms with Crippen molar-refractivity contribution in [1.29, 1.82) is 0 Å². The van der Waals surface area contributed by atoms with Crippen LogP contribution in [0.5, 0.6) is 0 Å². The number of aryl methyl sites for hydroxylation is 2. The minimum atomic E-state index is -0.0750. The highest BCUT2D eigenvalue weighted by Crippen LogP contribution is 2.09. The van der Waals surface area contributed by atoms with Crippen molar-refractivity contribution in [3.8, 4) is 0 Å². The Morgan fingerprint density at radius 1 is 0.708 bits per heavy atom. The smallest absolute Gasteiger partial charge is 0.218 e. The number of hydrogen-bond donors (Lipinski definition) is 3. The molecule has 0 saturated carbocycles. The number of nitrogens with zero attached hydrogens (tertiary/aromatic N) is 2. The Morgan fingerprint density at radius 2 is 1.21 bits per heavy atom. The lowest BCUT2D eigenvalue weighted by Crippen LogP contribution is -2.26. The number of aliphatic imine (C=N–C) groups is 2. The average molecular weight is 346 g/mol. The van der Waals surface area contributed by atoms with E-state index in [1.807, 2.05) is 6.07 Å². The first-order valence-corrected chi connectivity index (χ1v) is 7.65. The van der Waals surface area contributed by atoms with E-state index in [2.05, 4.69) is 58.5 Å². The van der Waals surface area contributed by atoms with Crippen molar-refractivity contribution in [2.45, 2.75) is 19.3 Å². The molecule has 0 heterocycles. The van der Waals surface area contributed by atoms with Crippen molar-refractivity contribution >= 4 is 24.3 Å². The third-order valence-corrected chi connectivity index (χ3v) is 3.49. The molecule has 0 saturated heterocycles. The Morgan fingerprint density at radius 3 is 1.75 bits per heavy atom. The molecule has 2 aromatic carbocycles. The van der Waals surface area contributed by atoms with Gasteiger partial charge < -0.3 is 17.2 Å². The van der Waals surface area contributed by atoms with Crippen LogP contribution < -0.4 is 17.2 Å². The second-order valence-electron chi connectivity index (χ2n) is 5.33. The van der Waals surface area contributed by atoms with E-state index in [9.17, 15) is 0 Å². The molecule has 0 aliphatic heterocycles. The van der Waals surface area contributed by atoms with Crippen molar-refractivity contribution in [2.24, 2.45) is 27.2 Å². The molecule has 0 amide bonds. The van der Waals surface area contributed by atoms with E-state index in [0.29, 0.717) is 6.54 Å². The Hall–Kier alpha value is -2.53. The molecule has 2 aromatic rings. The van der Waals surface area contributed by atoms with E-state index in [1.165, 1.54) is 16.7 Å². The Labute approximate surface area is 149 Å². The number of halogens is 1. The fourth-order valence-electron chi connectivity index (χ4n) is 2.27. The molecule has 0 atom stereocenters. The maximum absolute atomic E-state index is 5.56. The SMILES string of the molecule is Cl.NC(N)=NC(N)=NCCc1ccc(CCc2ccccc2)cc1. The van der Waals surface area contributed by atoms with Crippen LogP contribution in [0.3, 0.4) is 0 Å². The predicted octanol–water partition coefficient (Wildman–Crippen LogP) is 2.02. The molecule has 6 N–H and O–H groups in total.